The molecule has 0 amide bonds. The monoisotopic (exact) mass is 153 g/mol. The maximum Gasteiger partial charge on any atom is -0.0290 e. The van der Waals surface area contributed by atoms with Crippen molar-refractivity contribution in [2.45, 2.75) is 46.0 Å². The summed E-state index contributed by atoms with van der Waals surface area (Å²) < 4.78 is 0. The highest BCUT2D eigenvalue weighted by atomic mass is 13.9. The minimum Gasteiger partial charge on any atom is -0.0883 e. The fourth-order valence-corrected chi connectivity index (χ4v) is 0.984. The summed E-state index contributed by atoms with van der Waals surface area (Å²) in [4.78, 5) is 0. The van der Waals surface area contributed by atoms with Crippen LogP contribution in [0, 0.1) is 12.8 Å². The number of allylic oxidation sites excluding steroid dienone is 2. The summed E-state index contributed by atoms with van der Waals surface area (Å²) in [6, 6.07) is 0. The first-order valence-corrected chi connectivity index (χ1v) is 4.73. The molecule has 0 saturated carbocycles. The molecule has 0 atom stereocenters. The molecule has 0 aromatic carbocycles. The van der Waals surface area contributed by atoms with Crippen molar-refractivity contribution < 1.29 is 0 Å². The second-order valence-electron chi connectivity index (χ2n) is 3.38. The molecule has 0 aromatic rings. The molecule has 0 aliphatic rings. The van der Waals surface area contributed by atoms with Crippen LogP contribution in [0.1, 0.15) is 46.0 Å². The summed E-state index contributed by atoms with van der Waals surface area (Å²) in [5.41, 5.74) is 0. The summed E-state index contributed by atoms with van der Waals surface area (Å²) in [7, 11) is 0. The summed E-state index contributed by atoms with van der Waals surface area (Å²) in [5.74, 6) is 0.711. The second-order valence-corrected chi connectivity index (χ2v) is 3.38. The van der Waals surface area contributed by atoms with E-state index in [0.29, 0.717) is 5.92 Å². The van der Waals surface area contributed by atoms with E-state index in [0.717, 1.165) is 6.42 Å². The van der Waals surface area contributed by atoms with Gasteiger partial charge in [0, 0.05) is 0 Å². The molecule has 0 saturated heterocycles. The molecule has 0 nitrogen and oxygen atoms in total. The first kappa shape index (κ1) is 10.7. The molecule has 65 valence electrons. The zero-order valence-electron chi connectivity index (χ0n) is 7.97. The highest BCUT2D eigenvalue weighted by Crippen LogP contribution is 2.04. The molecule has 0 bridgehead atoms. The van der Waals surface area contributed by atoms with Gasteiger partial charge in [0.05, 0.1) is 0 Å². The average Bonchev–Trinajstić information content (AvgIpc) is 1.96. The molecule has 0 N–H and O–H groups in total. The SMILES string of the molecule is [CH2]CCCCCC=CC(C)C. The Labute approximate surface area is 71.7 Å². The summed E-state index contributed by atoms with van der Waals surface area (Å²) in [5, 5.41) is 0. The topological polar surface area (TPSA) is 0 Å². The van der Waals surface area contributed by atoms with E-state index >= 15 is 0 Å². The van der Waals surface area contributed by atoms with Crippen LogP contribution in [0.3, 0.4) is 0 Å². The zero-order chi connectivity index (χ0) is 8.53. The lowest BCUT2D eigenvalue weighted by Gasteiger charge is -1.95. The fraction of sp³-hybridized carbons (Fsp3) is 0.727. The van der Waals surface area contributed by atoms with E-state index in [4.69, 9.17) is 0 Å². The van der Waals surface area contributed by atoms with E-state index in [1.165, 1.54) is 25.7 Å². The van der Waals surface area contributed by atoms with Crippen LogP contribution >= 0.6 is 0 Å². The predicted octanol–water partition coefficient (Wildman–Crippen LogP) is 3.98. The molecule has 0 aliphatic heterocycles. The minimum absolute atomic E-state index is 0.711. The van der Waals surface area contributed by atoms with Crippen LogP contribution in [0.15, 0.2) is 12.2 Å². The van der Waals surface area contributed by atoms with E-state index in [2.05, 4.69) is 32.9 Å². The number of hydrogen-bond donors (Lipinski definition) is 0. The molecule has 11 heavy (non-hydrogen) atoms. The highest BCUT2D eigenvalue weighted by Gasteiger charge is 1.85. The first-order valence-electron chi connectivity index (χ1n) is 4.73. The van der Waals surface area contributed by atoms with Crippen molar-refractivity contribution in [2.24, 2.45) is 5.92 Å². The smallest absolute Gasteiger partial charge is 0.0290 e. The summed E-state index contributed by atoms with van der Waals surface area (Å²) in [6.07, 6.45) is 10.9. The van der Waals surface area contributed by atoms with E-state index in [1.54, 1.807) is 0 Å². The van der Waals surface area contributed by atoms with Crippen molar-refractivity contribution in [3.8, 4) is 0 Å². The molecular weight excluding hydrogens is 132 g/mol. The van der Waals surface area contributed by atoms with Crippen LogP contribution in [0.5, 0.6) is 0 Å². The first-order chi connectivity index (χ1) is 5.27. The molecule has 0 heteroatoms. The zero-order valence-corrected chi connectivity index (χ0v) is 7.97. The molecule has 0 aliphatic carbocycles. The van der Waals surface area contributed by atoms with E-state index in [9.17, 15) is 0 Å². The third kappa shape index (κ3) is 9.74. The van der Waals surface area contributed by atoms with Gasteiger partial charge in [-0.2, -0.15) is 0 Å². The number of rotatable bonds is 6. The third-order valence-electron chi connectivity index (χ3n) is 1.64. The third-order valence-corrected chi connectivity index (χ3v) is 1.64. The van der Waals surface area contributed by atoms with Gasteiger partial charge in [0.15, 0.2) is 0 Å². The van der Waals surface area contributed by atoms with Gasteiger partial charge in [0.1, 0.15) is 0 Å². The highest BCUT2D eigenvalue weighted by molar-refractivity contribution is 4.83. The number of hydrogen-bond acceptors (Lipinski definition) is 0. The Morgan fingerprint density at radius 1 is 1.18 bits per heavy atom. The quantitative estimate of drug-likeness (QED) is 0.400. The summed E-state index contributed by atoms with van der Waals surface area (Å²) >= 11 is 0. The molecule has 0 unspecified atom stereocenters. The van der Waals surface area contributed by atoms with E-state index in [-0.39, 0.29) is 0 Å². The van der Waals surface area contributed by atoms with Gasteiger partial charge >= 0.3 is 0 Å². The maximum absolute atomic E-state index is 3.81. The van der Waals surface area contributed by atoms with Gasteiger partial charge in [-0.1, -0.05) is 52.2 Å². The van der Waals surface area contributed by atoms with Crippen molar-refractivity contribution in [1.82, 2.24) is 0 Å². The molecular formula is C11H21. The second kappa shape index (κ2) is 7.84. The van der Waals surface area contributed by atoms with E-state index < -0.39 is 0 Å². The number of unbranched alkanes of at least 4 members (excludes halogenated alkanes) is 4. The van der Waals surface area contributed by atoms with E-state index in [1.807, 2.05) is 0 Å². The minimum atomic E-state index is 0.711. The van der Waals surface area contributed by atoms with Crippen molar-refractivity contribution >= 4 is 0 Å². The van der Waals surface area contributed by atoms with Gasteiger partial charge in [-0.15, -0.1) is 0 Å². The Morgan fingerprint density at radius 2 is 1.91 bits per heavy atom. The van der Waals surface area contributed by atoms with Gasteiger partial charge in [0.2, 0.25) is 0 Å². The van der Waals surface area contributed by atoms with Crippen LogP contribution in [0.25, 0.3) is 0 Å². The summed E-state index contributed by atoms with van der Waals surface area (Å²) in [6.45, 7) is 8.24. The molecule has 0 fully saturated rings. The average molecular weight is 153 g/mol. The Kier molecular flexibility index (Phi) is 7.66. The Balaban J connectivity index is 3.01. The van der Waals surface area contributed by atoms with Gasteiger partial charge in [0.25, 0.3) is 0 Å². The van der Waals surface area contributed by atoms with Crippen molar-refractivity contribution in [2.75, 3.05) is 0 Å². The van der Waals surface area contributed by atoms with Gasteiger partial charge in [-0.3, -0.25) is 0 Å². The Hall–Kier alpha value is -0.260. The Morgan fingerprint density at radius 3 is 2.45 bits per heavy atom. The molecule has 1 radical (unpaired) electrons. The van der Waals surface area contributed by atoms with Crippen molar-refractivity contribution in [3.63, 3.8) is 0 Å². The van der Waals surface area contributed by atoms with Gasteiger partial charge in [-0.05, 0) is 18.8 Å². The lowest BCUT2D eigenvalue weighted by molar-refractivity contribution is 0.691. The standard InChI is InChI=1S/C11H21/c1-4-5-6-7-8-9-10-11(2)3/h9-11H,1,4-8H2,2-3H3. The molecule has 0 spiro atoms. The van der Waals surface area contributed by atoms with Gasteiger partial charge < -0.3 is 0 Å². The predicted molar refractivity (Wildman–Crippen MR) is 52.4 cm³/mol. The van der Waals surface area contributed by atoms with Gasteiger partial charge in [-0.25, -0.2) is 0 Å². The van der Waals surface area contributed by atoms with Crippen molar-refractivity contribution in [1.29, 1.82) is 0 Å². The fourth-order valence-electron chi connectivity index (χ4n) is 0.984. The molecule has 0 rings (SSSR count). The lowest BCUT2D eigenvalue weighted by atomic mass is 10.1. The Bertz CT molecular complexity index is 90.2. The maximum atomic E-state index is 3.81. The van der Waals surface area contributed by atoms with Crippen LogP contribution in [0.2, 0.25) is 0 Å². The normalized spacial score (nSPS) is 11.6. The van der Waals surface area contributed by atoms with Crippen LogP contribution in [-0.2, 0) is 0 Å². The van der Waals surface area contributed by atoms with Crippen LogP contribution < -0.4 is 0 Å². The van der Waals surface area contributed by atoms with Crippen LogP contribution in [0.4, 0.5) is 0 Å². The largest absolute Gasteiger partial charge is 0.0883 e. The molecule has 0 heterocycles. The van der Waals surface area contributed by atoms with Crippen molar-refractivity contribution in [3.05, 3.63) is 19.1 Å². The lowest BCUT2D eigenvalue weighted by Crippen LogP contribution is -1.78. The van der Waals surface area contributed by atoms with Crippen LogP contribution in [-0.4, -0.2) is 0 Å². The molecule has 0 aromatic heterocycles.